The number of anilines is 2. The average molecular weight is 398 g/mol. The summed E-state index contributed by atoms with van der Waals surface area (Å²) >= 11 is 0. The highest BCUT2D eigenvalue weighted by Gasteiger charge is 2.32. The molecule has 9 nitrogen and oxygen atoms in total. The molecule has 0 aliphatic carbocycles. The Bertz CT molecular complexity index is 1020. The lowest BCUT2D eigenvalue weighted by Crippen LogP contribution is -2.55. The van der Waals surface area contributed by atoms with Crippen LogP contribution in [0.1, 0.15) is 12.5 Å². The fraction of sp³-hybridized carbons (Fsp3) is 0.263. The Morgan fingerprint density at radius 3 is 2.90 bits per heavy atom. The van der Waals surface area contributed by atoms with Gasteiger partial charge in [-0.1, -0.05) is 6.92 Å². The summed E-state index contributed by atoms with van der Waals surface area (Å²) in [6.45, 7) is 2.69. The minimum absolute atomic E-state index is 0.0892. The Morgan fingerprint density at radius 2 is 2.21 bits per heavy atom. The average Bonchev–Trinajstić information content (AvgIpc) is 3.20. The number of ether oxygens (including phenoxy) is 1. The Balaban J connectivity index is 1.53. The van der Waals surface area contributed by atoms with E-state index in [9.17, 15) is 9.18 Å². The summed E-state index contributed by atoms with van der Waals surface area (Å²) in [7, 11) is 0. The van der Waals surface area contributed by atoms with Crippen molar-refractivity contribution in [3.63, 3.8) is 0 Å². The first-order valence-corrected chi connectivity index (χ1v) is 9.08. The minimum atomic E-state index is -0.948. The highest BCUT2D eigenvalue weighted by Crippen LogP contribution is 2.26. The molecule has 29 heavy (non-hydrogen) atoms. The van der Waals surface area contributed by atoms with Gasteiger partial charge in [0.2, 0.25) is 5.95 Å². The molecule has 1 aliphatic heterocycles. The van der Waals surface area contributed by atoms with E-state index in [0.29, 0.717) is 24.5 Å². The van der Waals surface area contributed by atoms with E-state index >= 15 is 0 Å². The van der Waals surface area contributed by atoms with Crippen molar-refractivity contribution in [1.29, 1.82) is 0 Å². The molecule has 0 bridgehead atoms. The van der Waals surface area contributed by atoms with Crippen molar-refractivity contribution < 1.29 is 19.0 Å². The van der Waals surface area contributed by atoms with Crippen LogP contribution in [0.5, 0.6) is 5.75 Å². The second kappa shape index (κ2) is 7.74. The lowest BCUT2D eigenvalue weighted by molar-refractivity contribution is 0.0252. The molecule has 2 aromatic heterocycles. The quantitative estimate of drug-likeness (QED) is 0.658. The van der Waals surface area contributed by atoms with Gasteiger partial charge in [0.15, 0.2) is 11.6 Å². The standard InChI is InChI=1S/C19H19FN6O3/c1-2-12-5-13(7-14(6-12)29-15-9-26(10-15)19(27)28)23-18-22-8-16(20)17(24-18)25-4-3-21-11-25/h3-8,11,15H,2,9-10H2,1H3,(H,27,28)(H,22,23,24). The first kappa shape index (κ1) is 18.7. The molecule has 1 saturated heterocycles. The third kappa shape index (κ3) is 4.10. The van der Waals surface area contributed by atoms with Gasteiger partial charge in [-0.25, -0.2) is 19.2 Å². The maximum absolute atomic E-state index is 14.1. The topological polar surface area (TPSA) is 105 Å². The van der Waals surface area contributed by atoms with Gasteiger partial charge in [-0.3, -0.25) is 4.57 Å². The van der Waals surface area contributed by atoms with Gasteiger partial charge in [0.25, 0.3) is 0 Å². The van der Waals surface area contributed by atoms with Crippen LogP contribution in [0.3, 0.4) is 0 Å². The van der Waals surface area contributed by atoms with Gasteiger partial charge in [-0.2, -0.15) is 4.98 Å². The number of carbonyl (C=O) groups is 1. The van der Waals surface area contributed by atoms with Crippen LogP contribution in [-0.2, 0) is 6.42 Å². The van der Waals surface area contributed by atoms with E-state index in [1.807, 2.05) is 19.1 Å². The number of aryl methyl sites for hydroxylation is 1. The fourth-order valence-electron chi connectivity index (χ4n) is 2.98. The number of likely N-dealkylation sites (tertiary alicyclic amines) is 1. The van der Waals surface area contributed by atoms with Gasteiger partial charge >= 0.3 is 6.09 Å². The highest BCUT2D eigenvalue weighted by atomic mass is 19.1. The van der Waals surface area contributed by atoms with Gasteiger partial charge in [0.1, 0.15) is 18.2 Å². The number of hydrogen-bond acceptors (Lipinski definition) is 6. The Morgan fingerprint density at radius 1 is 1.38 bits per heavy atom. The zero-order valence-electron chi connectivity index (χ0n) is 15.6. The molecular weight excluding hydrogens is 379 g/mol. The van der Waals surface area contributed by atoms with Crippen molar-refractivity contribution in [3.8, 4) is 11.6 Å². The molecule has 0 unspecified atom stereocenters. The molecule has 10 heteroatoms. The highest BCUT2D eigenvalue weighted by molar-refractivity contribution is 5.66. The number of hydrogen-bond donors (Lipinski definition) is 2. The van der Waals surface area contributed by atoms with Crippen LogP contribution in [-0.4, -0.2) is 54.8 Å². The largest absolute Gasteiger partial charge is 0.487 e. The molecule has 3 heterocycles. The predicted molar refractivity (Wildman–Crippen MR) is 102 cm³/mol. The van der Waals surface area contributed by atoms with Crippen LogP contribution < -0.4 is 10.1 Å². The SMILES string of the molecule is CCc1cc(Nc2ncc(F)c(-n3ccnc3)n2)cc(OC2CN(C(=O)O)C2)c1. The van der Waals surface area contributed by atoms with Crippen molar-refractivity contribution in [1.82, 2.24) is 24.4 Å². The summed E-state index contributed by atoms with van der Waals surface area (Å²) in [4.78, 5) is 24.3. The molecule has 3 aromatic rings. The lowest BCUT2D eigenvalue weighted by atomic mass is 10.1. The lowest BCUT2D eigenvalue weighted by Gasteiger charge is -2.36. The first-order chi connectivity index (χ1) is 14.0. The Kier molecular flexibility index (Phi) is 4.98. The van der Waals surface area contributed by atoms with Crippen LogP contribution in [0, 0.1) is 5.82 Å². The zero-order valence-corrected chi connectivity index (χ0v) is 15.6. The number of benzene rings is 1. The van der Waals surface area contributed by atoms with Crippen molar-refractivity contribution in [3.05, 3.63) is 54.5 Å². The smallest absolute Gasteiger partial charge is 0.407 e. The van der Waals surface area contributed by atoms with Gasteiger partial charge in [-0.15, -0.1) is 0 Å². The number of halogens is 1. The molecule has 0 atom stereocenters. The molecule has 1 amide bonds. The van der Waals surface area contributed by atoms with Crippen LogP contribution in [0.2, 0.25) is 0 Å². The third-order valence-corrected chi connectivity index (χ3v) is 4.53. The van der Waals surface area contributed by atoms with E-state index < -0.39 is 11.9 Å². The molecular formula is C19H19FN6O3. The summed E-state index contributed by atoms with van der Waals surface area (Å²) in [6.07, 6.45) is 5.34. The second-order valence-corrected chi connectivity index (χ2v) is 6.61. The molecule has 0 radical (unpaired) electrons. The Hall–Kier alpha value is -3.69. The van der Waals surface area contributed by atoms with E-state index in [-0.39, 0.29) is 17.9 Å². The maximum atomic E-state index is 14.1. The van der Waals surface area contributed by atoms with Crippen molar-refractivity contribution in [2.45, 2.75) is 19.4 Å². The molecule has 1 fully saturated rings. The number of nitrogens with zero attached hydrogens (tertiary/aromatic N) is 5. The molecule has 150 valence electrons. The predicted octanol–water partition coefficient (Wildman–Crippen LogP) is 2.85. The number of rotatable bonds is 6. The van der Waals surface area contributed by atoms with Gasteiger partial charge in [0.05, 0.1) is 19.3 Å². The van der Waals surface area contributed by atoms with Gasteiger partial charge in [-0.05, 0) is 24.1 Å². The van der Waals surface area contributed by atoms with Crippen molar-refractivity contribution >= 4 is 17.7 Å². The van der Waals surface area contributed by atoms with E-state index in [4.69, 9.17) is 9.84 Å². The second-order valence-electron chi connectivity index (χ2n) is 6.61. The molecule has 0 saturated carbocycles. The minimum Gasteiger partial charge on any atom is -0.487 e. The normalized spacial score (nSPS) is 13.8. The van der Waals surface area contributed by atoms with E-state index in [0.717, 1.165) is 18.2 Å². The van der Waals surface area contributed by atoms with Gasteiger partial charge < -0.3 is 20.1 Å². The molecule has 1 aliphatic rings. The van der Waals surface area contributed by atoms with Gasteiger partial charge in [0, 0.05) is 24.1 Å². The summed E-state index contributed by atoms with van der Waals surface area (Å²) in [5.41, 5.74) is 1.72. The molecule has 1 aromatic carbocycles. The van der Waals surface area contributed by atoms with E-state index in [1.165, 1.54) is 22.0 Å². The molecule has 2 N–H and O–H groups in total. The van der Waals surface area contributed by atoms with Crippen LogP contribution in [0.4, 0.5) is 20.8 Å². The summed E-state index contributed by atoms with van der Waals surface area (Å²) in [6, 6.07) is 5.63. The maximum Gasteiger partial charge on any atom is 0.407 e. The van der Waals surface area contributed by atoms with E-state index in [2.05, 4.69) is 20.3 Å². The van der Waals surface area contributed by atoms with Crippen molar-refractivity contribution in [2.24, 2.45) is 0 Å². The number of imidazole rings is 1. The Labute approximate surface area is 165 Å². The fourth-order valence-corrected chi connectivity index (χ4v) is 2.98. The number of carboxylic acid groups (broad SMARTS) is 1. The first-order valence-electron chi connectivity index (χ1n) is 9.08. The van der Waals surface area contributed by atoms with Crippen LogP contribution in [0.15, 0.2) is 43.1 Å². The summed E-state index contributed by atoms with van der Waals surface area (Å²) in [5.74, 6) is 0.382. The summed E-state index contributed by atoms with van der Waals surface area (Å²) < 4.78 is 21.4. The monoisotopic (exact) mass is 398 g/mol. The molecule has 4 rings (SSSR count). The third-order valence-electron chi connectivity index (χ3n) is 4.53. The number of nitrogens with one attached hydrogen (secondary N) is 1. The number of aromatic nitrogens is 4. The molecule has 0 spiro atoms. The zero-order chi connectivity index (χ0) is 20.4. The van der Waals surface area contributed by atoms with Crippen molar-refractivity contribution in [2.75, 3.05) is 18.4 Å². The van der Waals surface area contributed by atoms with Crippen LogP contribution in [0.25, 0.3) is 5.82 Å². The number of amides is 1. The van der Waals surface area contributed by atoms with E-state index in [1.54, 1.807) is 12.3 Å². The summed E-state index contributed by atoms with van der Waals surface area (Å²) in [5, 5.41) is 12.0. The van der Waals surface area contributed by atoms with Crippen LogP contribution >= 0.6 is 0 Å².